The van der Waals surface area contributed by atoms with E-state index in [1.807, 2.05) is 6.92 Å². The third-order valence-electron chi connectivity index (χ3n) is 2.98. The van der Waals surface area contributed by atoms with Crippen LogP contribution in [0.5, 0.6) is 5.75 Å². The highest BCUT2D eigenvalue weighted by atomic mass is 32.1. The molecular formula is C13H13N3O2S. The lowest BCUT2D eigenvalue weighted by Crippen LogP contribution is -2.12. The summed E-state index contributed by atoms with van der Waals surface area (Å²) in [6.45, 7) is 1.87. The Morgan fingerprint density at radius 2 is 2.21 bits per heavy atom. The Hall–Kier alpha value is -1.95. The number of nitrogens with one attached hydrogen (secondary N) is 1. The molecule has 1 aliphatic rings. The van der Waals surface area contributed by atoms with Crippen LogP contribution in [0.15, 0.2) is 18.2 Å². The largest absolute Gasteiger partial charge is 0.507 e. The van der Waals surface area contributed by atoms with Gasteiger partial charge < -0.3 is 5.11 Å². The first-order valence-corrected chi connectivity index (χ1v) is 6.89. The molecular weight excluding hydrogens is 262 g/mol. The molecule has 0 atom stereocenters. The Labute approximate surface area is 114 Å². The van der Waals surface area contributed by atoms with E-state index < -0.39 is 0 Å². The molecule has 0 unspecified atom stereocenters. The molecule has 98 valence electrons. The zero-order valence-electron chi connectivity index (χ0n) is 10.4. The van der Waals surface area contributed by atoms with Crippen molar-refractivity contribution in [1.29, 1.82) is 0 Å². The molecule has 6 heteroatoms. The Morgan fingerprint density at radius 3 is 2.95 bits per heavy atom. The Balaban J connectivity index is 1.77. The lowest BCUT2D eigenvalue weighted by Gasteiger charge is -2.04. The van der Waals surface area contributed by atoms with Crippen LogP contribution in [0.3, 0.4) is 0 Å². The van der Waals surface area contributed by atoms with Crippen molar-refractivity contribution in [2.45, 2.75) is 25.7 Å². The molecule has 0 bridgehead atoms. The summed E-state index contributed by atoms with van der Waals surface area (Å²) in [4.78, 5) is 12.0. The van der Waals surface area contributed by atoms with Crippen molar-refractivity contribution in [2.75, 3.05) is 5.32 Å². The van der Waals surface area contributed by atoms with Crippen LogP contribution in [0.4, 0.5) is 5.13 Å². The molecule has 1 aromatic carbocycles. The van der Waals surface area contributed by atoms with Crippen molar-refractivity contribution in [3.05, 3.63) is 34.3 Å². The standard InChI is InChI=1S/C13H13N3O2S/c1-7-2-5-10(17)9(6-7)11(18)14-13-16-15-12(19-13)8-3-4-8/h2,5-6,8,17H,3-4H2,1H3,(H,14,16,18). The van der Waals surface area contributed by atoms with Crippen LogP contribution in [0.2, 0.25) is 0 Å². The number of hydrogen-bond donors (Lipinski definition) is 2. The fraction of sp³-hybridized carbons (Fsp3) is 0.308. The number of aromatic nitrogens is 2. The quantitative estimate of drug-likeness (QED) is 0.903. The maximum atomic E-state index is 12.0. The molecule has 0 saturated heterocycles. The van der Waals surface area contributed by atoms with Gasteiger partial charge in [-0.3, -0.25) is 10.1 Å². The Kier molecular flexibility index (Phi) is 2.94. The fourth-order valence-electron chi connectivity index (χ4n) is 1.78. The predicted octanol–water partition coefficient (Wildman–Crippen LogP) is 2.68. The number of anilines is 1. The molecule has 0 aliphatic heterocycles. The summed E-state index contributed by atoms with van der Waals surface area (Å²) in [6, 6.07) is 4.91. The second-order valence-corrected chi connectivity index (χ2v) is 5.70. The van der Waals surface area contributed by atoms with E-state index in [0.29, 0.717) is 11.0 Å². The highest BCUT2D eigenvalue weighted by molar-refractivity contribution is 7.15. The molecule has 0 radical (unpaired) electrons. The van der Waals surface area contributed by atoms with E-state index >= 15 is 0 Å². The van der Waals surface area contributed by atoms with E-state index in [-0.39, 0.29) is 17.2 Å². The second-order valence-electron chi connectivity index (χ2n) is 4.69. The van der Waals surface area contributed by atoms with Crippen molar-refractivity contribution in [1.82, 2.24) is 10.2 Å². The highest BCUT2D eigenvalue weighted by Crippen LogP contribution is 2.42. The van der Waals surface area contributed by atoms with Gasteiger partial charge in [-0.25, -0.2) is 0 Å². The maximum Gasteiger partial charge on any atom is 0.261 e. The van der Waals surface area contributed by atoms with Gasteiger partial charge in [-0.15, -0.1) is 10.2 Å². The van der Waals surface area contributed by atoms with Gasteiger partial charge >= 0.3 is 0 Å². The Bertz CT molecular complexity index is 635. The van der Waals surface area contributed by atoms with Gasteiger partial charge in [0.05, 0.1) is 5.56 Å². The molecule has 1 heterocycles. The number of phenolic OH excluding ortho intramolecular Hbond substituents is 1. The average molecular weight is 275 g/mol. The van der Waals surface area contributed by atoms with Crippen LogP contribution in [0, 0.1) is 6.92 Å². The van der Waals surface area contributed by atoms with Crippen LogP contribution < -0.4 is 5.32 Å². The molecule has 1 amide bonds. The molecule has 3 rings (SSSR count). The van der Waals surface area contributed by atoms with Crippen LogP contribution >= 0.6 is 11.3 Å². The molecule has 19 heavy (non-hydrogen) atoms. The summed E-state index contributed by atoms with van der Waals surface area (Å²) in [5.41, 5.74) is 1.17. The van der Waals surface area contributed by atoms with Gasteiger partial charge in [0.15, 0.2) is 0 Å². The van der Waals surface area contributed by atoms with E-state index in [1.165, 1.54) is 17.4 Å². The number of hydrogen-bond acceptors (Lipinski definition) is 5. The zero-order valence-corrected chi connectivity index (χ0v) is 11.2. The van der Waals surface area contributed by atoms with Crippen molar-refractivity contribution < 1.29 is 9.90 Å². The summed E-state index contributed by atoms with van der Waals surface area (Å²) in [5, 5.41) is 21.8. The zero-order chi connectivity index (χ0) is 13.4. The average Bonchev–Trinajstić information content (AvgIpc) is 3.13. The number of phenols is 1. The fourth-order valence-corrected chi connectivity index (χ4v) is 2.68. The summed E-state index contributed by atoms with van der Waals surface area (Å²) < 4.78 is 0. The monoisotopic (exact) mass is 275 g/mol. The number of aromatic hydroxyl groups is 1. The van der Waals surface area contributed by atoms with Crippen LogP contribution in [0.25, 0.3) is 0 Å². The summed E-state index contributed by atoms with van der Waals surface area (Å²) in [6.07, 6.45) is 2.31. The van der Waals surface area contributed by atoms with Gasteiger partial charge in [-0.1, -0.05) is 23.0 Å². The lowest BCUT2D eigenvalue weighted by atomic mass is 10.1. The third kappa shape index (κ3) is 2.58. The molecule has 1 saturated carbocycles. The summed E-state index contributed by atoms with van der Waals surface area (Å²) in [7, 11) is 0. The normalized spacial score (nSPS) is 14.4. The minimum atomic E-state index is -0.361. The summed E-state index contributed by atoms with van der Waals surface area (Å²) in [5.74, 6) is 0.130. The minimum Gasteiger partial charge on any atom is -0.507 e. The van der Waals surface area contributed by atoms with E-state index in [2.05, 4.69) is 15.5 Å². The van der Waals surface area contributed by atoms with Crippen LogP contribution in [-0.4, -0.2) is 21.2 Å². The number of benzene rings is 1. The second kappa shape index (κ2) is 4.62. The van der Waals surface area contributed by atoms with E-state index in [9.17, 15) is 9.90 Å². The molecule has 2 N–H and O–H groups in total. The molecule has 0 spiro atoms. The molecule has 5 nitrogen and oxygen atoms in total. The number of aryl methyl sites for hydroxylation is 1. The smallest absolute Gasteiger partial charge is 0.261 e. The predicted molar refractivity (Wildman–Crippen MR) is 72.7 cm³/mol. The molecule has 1 aromatic heterocycles. The third-order valence-corrected chi connectivity index (χ3v) is 3.99. The number of rotatable bonds is 3. The topological polar surface area (TPSA) is 75.1 Å². The SMILES string of the molecule is Cc1ccc(O)c(C(=O)Nc2nnc(C3CC3)s2)c1. The van der Waals surface area contributed by atoms with E-state index in [0.717, 1.165) is 23.4 Å². The van der Waals surface area contributed by atoms with Gasteiger partial charge in [-0.05, 0) is 31.9 Å². The van der Waals surface area contributed by atoms with Crippen molar-refractivity contribution in [2.24, 2.45) is 0 Å². The number of amides is 1. The van der Waals surface area contributed by atoms with Gasteiger partial charge in [0.25, 0.3) is 5.91 Å². The first kappa shape index (κ1) is 12.1. The van der Waals surface area contributed by atoms with Gasteiger partial charge in [0, 0.05) is 5.92 Å². The number of carbonyl (C=O) groups excluding carboxylic acids is 1. The summed E-state index contributed by atoms with van der Waals surface area (Å²) >= 11 is 1.40. The van der Waals surface area contributed by atoms with E-state index in [1.54, 1.807) is 12.1 Å². The number of carbonyl (C=O) groups is 1. The molecule has 2 aromatic rings. The maximum absolute atomic E-state index is 12.0. The first-order chi connectivity index (χ1) is 9.13. The number of nitrogens with zero attached hydrogens (tertiary/aromatic N) is 2. The van der Waals surface area contributed by atoms with Crippen LogP contribution in [-0.2, 0) is 0 Å². The lowest BCUT2D eigenvalue weighted by molar-refractivity contribution is 0.102. The Morgan fingerprint density at radius 1 is 1.42 bits per heavy atom. The van der Waals surface area contributed by atoms with Crippen molar-refractivity contribution in [3.63, 3.8) is 0 Å². The molecule has 1 fully saturated rings. The van der Waals surface area contributed by atoms with Gasteiger partial charge in [-0.2, -0.15) is 0 Å². The van der Waals surface area contributed by atoms with E-state index in [4.69, 9.17) is 0 Å². The minimum absolute atomic E-state index is 0.0324. The first-order valence-electron chi connectivity index (χ1n) is 6.08. The van der Waals surface area contributed by atoms with Gasteiger partial charge in [0.1, 0.15) is 10.8 Å². The highest BCUT2D eigenvalue weighted by Gasteiger charge is 2.27. The van der Waals surface area contributed by atoms with Crippen molar-refractivity contribution >= 4 is 22.4 Å². The van der Waals surface area contributed by atoms with Gasteiger partial charge in [0.2, 0.25) is 5.13 Å². The molecule has 1 aliphatic carbocycles. The van der Waals surface area contributed by atoms with Crippen molar-refractivity contribution in [3.8, 4) is 5.75 Å². The van der Waals surface area contributed by atoms with Crippen LogP contribution in [0.1, 0.15) is 39.7 Å².